The zero-order chi connectivity index (χ0) is 14.0. The highest BCUT2D eigenvalue weighted by Gasteiger charge is 2.30. The zero-order valence-corrected chi connectivity index (χ0v) is 12.9. The molecular formula is C13H8Br2O4. The van der Waals surface area contributed by atoms with Gasteiger partial charge in [0.05, 0.1) is 13.2 Å². The Morgan fingerprint density at radius 3 is 2.47 bits per heavy atom. The third-order valence-electron chi connectivity index (χ3n) is 2.39. The lowest BCUT2D eigenvalue weighted by molar-refractivity contribution is -0.135. The number of hydrogen-bond donors (Lipinski definition) is 0. The molecule has 1 aliphatic rings. The van der Waals surface area contributed by atoms with Crippen LogP contribution in [0, 0.1) is 0 Å². The Labute approximate surface area is 126 Å². The fourth-order valence-electron chi connectivity index (χ4n) is 1.46. The lowest BCUT2D eigenvalue weighted by Crippen LogP contribution is -2.02. The highest BCUT2D eigenvalue weighted by atomic mass is 79.9. The summed E-state index contributed by atoms with van der Waals surface area (Å²) in [6, 6.07) is 7.26. The lowest BCUT2D eigenvalue weighted by Gasteiger charge is -2.04. The van der Waals surface area contributed by atoms with Gasteiger partial charge in [-0.05, 0) is 28.1 Å². The molecule has 0 saturated carbocycles. The number of carbonyl (C=O) groups is 2. The van der Waals surface area contributed by atoms with Gasteiger partial charge in [-0.1, -0.05) is 28.1 Å². The molecule has 0 radical (unpaired) electrons. The quantitative estimate of drug-likeness (QED) is 0.577. The van der Waals surface area contributed by atoms with Gasteiger partial charge >= 0.3 is 5.97 Å². The van der Waals surface area contributed by atoms with Crippen LogP contribution in [0.15, 0.2) is 45.1 Å². The smallest absolute Gasteiger partial charge is 0.334 e. The van der Waals surface area contributed by atoms with Gasteiger partial charge in [0.15, 0.2) is 11.5 Å². The number of Topliss-reactive ketones (excluding diaryl/α,β-unsaturated/α-hetero) is 1. The number of halogens is 2. The largest absolute Gasteiger partial charge is 0.466 e. The number of esters is 1. The van der Waals surface area contributed by atoms with Crippen LogP contribution in [0.2, 0.25) is 0 Å². The standard InChI is InChI=1S/C13H8Br2O4/c1-18-10(16)6-9-12(17)11(15)13(19-9)7-2-4-8(14)5-3-7/h2-6H,1H3/b9-6-. The van der Waals surface area contributed by atoms with Crippen LogP contribution in [0.1, 0.15) is 5.56 Å². The molecule has 1 aromatic carbocycles. The van der Waals surface area contributed by atoms with Crippen molar-refractivity contribution in [3.05, 3.63) is 50.6 Å². The van der Waals surface area contributed by atoms with E-state index in [0.29, 0.717) is 5.76 Å². The third kappa shape index (κ3) is 2.96. The van der Waals surface area contributed by atoms with Crippen molar-refractivity contribution >= 4 is 49.4 Å². The second kappa shape index (κ2) is 5.71. The first kappa shape index (κ1) is 14.0. The van der Waals surface area contributed by atoms with Crippen molar-refractivity contribution in [2.45, 2.75) is 0 Å². The maximum atomic E-state index is 11.9. The van der Waals surface area contributed by atoms with Crippen LogP contribution >= 0.6 is 31.9 Å². The minimum absolute atomic E-state index is 0.0587. The predicted molar refractivity (Wildman–Crippen MR) is 76.2 cm³/mol. The lowest BCUT2D eigenvalue weighted by atomic mass is 10.2. The van der Waals surface area contributed by atoms with E-state index in [1.165, 1.54) is 7.11 Å². The summed E-state index contributed by atoms with van der Waals surface area (Å²) in [5, 5.41) is 0. The van der Waals surface area contributed by atoms with E-state index in [1.54, 1.807) is 12.1 Å². The zero-order valence-electron chi connectivity index (χ0n) is 9.78. The summed E-state index contributed by atoms with van der Waals surface area (Å²) in [6.07, 6.45) is 1.02. The monoisotopic (exact) mass is 386 g/mol. The van der Waals surface area contributed by atoms with Crippen LogP contribution in [-0.4, -0.2) is 18.9 Å². The van der Waals surface area contributed by atoms with Gasteiger partial charge in [0.25, 0.3) is 0 Å². The van der Waals surface area contributed by atoms with Crippen LogP contribution in [0.3, 0.4) is 0 Å². The Hall–Kier alpha value is -1.40. The summed E-state index contributed by atoms with van der Waals surface area (Å²) < 4.78 is 11.1. The molecule has 1 aliphatic heterocycles. The second-order valence-electron chi connectivity index (χ2n) is 3.61. The van der Waals surface area contributed by atoms with Gasteiger partial charge in [-0.2, -0.15) is 0 Å². The molecule has 0 spiro atoms. The van der Waals surface area contributed by atoms with E-state index >= 15 is 0 Å². The number of benzene rings is 1. The number of ketones is 1. The van der Waals surface area contributed by atoms with Gasteiger partial charge in [-0.25, -0.2) is 4.79 Å². The van der Waals surface area contributed by atoms with Crippen LogP contribution < -0.4 is 0 Å². The van der Waals surface area contributed by atoms with Gasteiger partial charge in [0.1, 0.15) is 4.48 Å². The van der Waals surface area contributed by atoms with Gasteiger partial charge in [-0.15, -0.1) is 0 Å². The van der Waals surface area contributed by atoms with Gasteiger partial charge < -0.3 is 9.47 Å². The summed E-state index contributed by atoms with van der Waals surface area (Å²) >= 11 is 6.50. The summed E-state index contributed by atoms with van der Waals surface area (Å²) in [5.41, 5.74) is 0.733. The van der Waals surface area contributed by atoms with Crippen molar-refractivity contribution in [3.8, 4) is 0 Å². The highest BCUT2D eigenvalue weighted by molar-refractivity contribution is 9.12. The van der Waals surface area contributed by atoms with Crippen LogP contribution in [0.25, 0.3) is 5.76 Å². The first-order chi connectivity index (χ1) is 9.02. The average Bonchev–Trinajstić information content (AvgIpc) is 2.68. The summed E-state index contributed by atoms with van der Waals surface area (Å²) in [5.74, 6) is -0.701. The van der Waals surface area contributed by atoms with E-state index < -0.39 is 5.97 Å². The molecule has 1 aromatic rings. The first-order valence-corrected chi connectivity index (χ1v) is 6.79. The fourth-order valence-corrected chi connectivity index (χ4v) is 2.23. The molecule has 0 aliphatic carbocycles. The topological polar surface area (TPSA) is 52.6 Å². The molecule has 2 rings (SSSR count). The van der Waals surface area contributed by atoms with E-state index in [-0.39, 0.29) is 16.0 Å². The summed E-state index contributed by atoms with van der Waals surface area (Å²) in [6.45, 7) is 0. The van der Waals surface area contributed by atoms with Gasteiger partial charge in [0.2, 0.25) is 5.78 Å². The Kier molecular flexibility index (Phi) is 4.21. The molecule has 0 saturated heterocycles. The normalized spacial score (nSPS) is 16.8. The maximum absolute atomic E-state index is 11.9. The van der Waals surface area contributed by atoms with Crippen molar-refractivity contribution in [3.63, 3.8) is 0 Å². The molecule has 4 nitrogen and oxygen atoms in total. The fraction of sp³-hybridized carbons (Fsp3) is 0.0769. The molecule has 0 aromatic heterocycles. The number of ether oxygens (including phenoxy) is 2. The number of rotatable bonds is 2. The first-order valence-electron chi connectivity index (χ1n) is 5.21. The molecule has 6 heteroatoms. The highest BCUT2D eigenvalue weighted by Crippen LogP contribution is 2.35. The van der Waals surface area contributed by atoms with Crippen molar-refractivity contribution in [2.24, 2.45) is 0 Å². The minimum atomic E-state index is -0.638. The number of carbonyl (C=O) groups excluding carboxylic acids is 2. The molecule has 0 fully saturated rings. The van der Waals surface area contributed by atoms with E-state index in [4.69, 9.17) is 4.74 Å². The average molecular weight is 388 g/mol. The molecule has 98 valence electrons. The Morgan fingerprint density at radius 2 is 1.89 bits per heavy atom. The van der Waals surface area contributed by atoms with E-state index in [1.807, 2.05) is 12.1 Å². The minimum Gasteiger partial charge on any atom is -0.466 e. The number of allylic oxidation sites excluding steroid dienone is 1. The van der Waals surface area contributed by atoms with Crippen LogP contribution in [-0.2, 0) is 19.1 Å². The summed E-state index contributed by atoms with van der Waals surface area (Å²) in [4.78, 5) is 23.0. The van der Waals surface area contributed by atoms with Crippen LogP contribution in [0.4, 0.5) is 0 Å². The summed E-state index contributed by atoms with van der Waals surface area (Å²) in [7, 11) is 1.23. The Morgan fingerprint density at radius 1 is 1.26 bits per heavy atom. The SMILES string of the molecule is COC(=O)/C=C1\OC(c2ccc(Br)cc2)=C(Br)C1=O. The van der Waals surface area contributed by atoms with Crippen molar-refractivity contribution < 1.29 is 19.1 Å². The van der Waals surface area contributed by atoms with E-state index in [0.717, 1.165) is 16.1 Å². The molecular weight excluding hydrogens is 380 g/mol. The molecule has 0 bridgehead atoms. The van der Waals surface area contributed by atoms with Crippen molar-refractivity contribution in [2.75, 3.05) is 7.11 Å². The maximum Gasteiger partial charge on any atom is 0.334 e. The number of methoxy groups -OCH3 is 1. The molecule has 0 N–H and O–H groups in total. The van der Waals surface area contributed by atoms with Gasteiger partial charge in [-0.3, -0.25) is 4.79 Å². The molecule has 0 atom stereocenters. The Bertz CT molecular complexity index is 600. The van der Waals surface area contributed by atoms with Crippen molar-refractivity contribution in [1.82, 2.24) is 0 Å². The second-order valence-corrected chi connectivity index (χ2v) is 5.32. The molecule has 1 heterocycles. The van der Waals surface area contributed by atoms with E-state index in [2.05, 4.69) is 36.6 Å². The van der Waals surface area contributed by atoms with Gasteiger partial charge in [0, 0.05) is 10.0 Å². The third-order valence-corrected chi connectivity index (χ3v) is 3.64. The Balaban J connectivity index is 2.33. The van der Waals surface area contributed by atoms with Crippen LogP contribution in [0.5, 0.6) is 0 Å². The molecule has 19 heavy (non-hydrogen) atoms. The van der Waals surface area contributed by atoms with Crippen molar-refractivity contribution in [1.29, 1.82) is 0 Å². The predicted octanol–water partition coefficient (Wildman–Crippen LogP) is 3.17. The molecule has 0 unspecified atom stereocenters. The number of hydrogen-bond acceptors (Lipinski definition) is 4. The molecule has 0 amide bonds. The van der Waals surface area contributed by atoms with E-state index in [9.17, 15) is 9.59 Å².